The molecule has 5 heteroatoms. The lowest BCUT2D eigenvalue weighted by Crippen LogP contribution is -2.30. The maximum atomic E-state index is 14.1. The Morgan fingerprint density at radius 2 is 1.70 bits per heavy atom. The molecule has 0 amide bonds. The molecule has 1 atom stereocenters. The first-order valence-electron chi connectivity index (χ1n) is 6.13. The highest BCUT2D eigenvalue weighted by Crippen LogP contribution is 2.30. The van der Waals surface area contributed by atoms with Crippen molar-refractivity contribution in [3.8, 4) is 0 Å². The Hall–Kier alpha value is -1.05. The Labute approximate surface area is 130 Å². The van der Waals surface area contributed by atoms with Crippen LogP contribution in [-0.2, 0) is 0 Å². The lowest BCUT2D eigenvalue weighted by atomic mass is 9.96. The predicted octanol–water partition coefficient (Wildman–Crippen LogP) is 3.74. The van der Waals surface area contributed by atoms with Crippen LogP contribution in [0.2, 0.25) is 0 Å². The second kappa shape index (κ2) is 6.15. The van der Waals surface area contributed by atoms with Gasteiger partial charge >= 0.3 is 0 Å². The summed E-state index contributed by atoms with van der Waals surface area (Å²) < 4.78 is 28.9. The van der Waals surface area contributed by atoms with E-state index in [1.165, 1.54) is 6.92 Å². The smallest absolute Gasteiger partial charge is 0.164 e. The van der Waals surface area contributed by atoms with Gasteiger partial charge in [-0.25, -0.2) is 14.2 Å². The summed E-state index contributed by atoms with van der Waals surface area (Å²) in [5.74, 6) is 3.89. The number of hydrazine groups is 1. The minimum atomic E-state index is -0.856. The van der Waals surface area contributed by atoms with Crippen LogP contribution in [0.15, 0.2) is 30.3 Å². The minimum Gasteiger partial charge on any atom is -0.271 e. The molecule has 0 spiro atoms. The molecule has 2 nitrogen and oxygen atoms in total. The fourth-order valence-electron chi connectivity index (χ4n) is 2.12. The monoisotopic (exact) mass is 388 g/mol. The predicted molar refractivity (Wildman–Crippen MR) is 84.2 cm³/mol. The van der Waals surface area contributed by atoms with Crippen molar-refractivity contribution in [2.24, 2.45) is 5.84 Å². The maximum absolute atomic E-state index is 14.1. The number of benzene rings is 2. The average Bonchev–Trinajstić information content (AvgIpc) is 2.44. The molecule has 0 fully saturated rings. The molecule has 0 radical (unpaired) electrons. The van der Waals surface area contributed by atoms with E-state index in [1.807, 2.05) is 25.1 Å². The normalized spacial score (nSPS) is 12.5. The zero-order valence-electron chi connectivity index (χ0n) is 11.2. The van der Waals surface area contributed by atoms with Crippen LogP contribution in [0.25, 0.3) is 0 Å². The summed E-state index contributed by atoms with van der Waals surface area (Å²) in [6.07, 6.45) is 0. The molecule has 0 aromatic heterocycles. The number of hydrogen-bond acceptors (Lipinski definition) is 2. The van der Waals surface area contributed by atoms with Crippen molar-refractivity contribution in [3.05, 3.63) is 67.8 Å². The molecule has 0 saturated carbocycles. The fourth-order valence-corrected chi connectivity index (χ4v) is 2.80. The summed E-state index contributed by atoms with van der Waals surface area (Å²) in [6.45, 7) is 3.49. The first-order chi connectivity index (χ1) is 9.47. The SMILES string of the molecule is Cc1ccc(C(NN)c2cccc(C)c2I)c(F)c1F. The number of nitrogens with two attached hydrogens (primary N) is 1. The number of halogens is 3. The number of aryl methyl sites for hydroxylation is 2. The topological polar surface area (TPSA) is 38.0 Å². The highest BCUT2D eigenvalue weighted by atomic mass is 127. The van der Waals surface area contributed by atoms with Crippen molar-refractivity contribution in [2.75, 3.05) is 0 Å². The second-order valence-corrected chi connectivity index (χ2v) is 5.76. The molecule has 0 saturated heterocycles. The Morgan fingerprint density at radius 3 is 2.35 bits per heavy atom. The second-order valence-electron chi connectivity index (χ2n) is 4.68. The molecule has 0 aliphatic rings. The summed E-state index contributed by atoms with van der Waals surface area (Å²) in [5.41, 5.74) is 4.96. The van der Waals surface area contributed by atoms with Crippen LogP contribution >= 0.6 is 22.6 Å². The Kier molecular flexibility index (Phi) is 4.72. The van der Waals surface area contributed by atoms with Crippen molar-refractivity contribution >= 4 is 22.6 Å². The lowest BCUT2D eigenvalue weighted by molar-refractivity contribution is 0.478. The van der Waals surface area contributed by atoms with Gasteiger partial charge in [-0.2, -0.15) is 0 Å². The third-order valence-electron chi connectivity index (χ3n) is 3.32. The van der Waals surface area contributed by atoms with Gasteiger partial charge in [-0.3, -0.25) is 5.84 Å². The third-order valence-corrected chi connectivity index (χ3v) is 4.79. The van der Waals surface area contributed by atoms with Crippen LogP contribution in [0, 0.1) is 29.1 Å². The molecule has 3 N–H and O–H groups in total. The van der Waals surface area contributed by atoms with Gasteiger partial charge in [-0.05, 0) is 53.1 Å². The van der Waals surface area contributed by atoms with Crippen LogP contribution in [-0.4, -0.2) is 0 Å². The summed E-state index contributed by atoms with van der Waals surface area (Å²) >= 11 is 2.19. The van der Waals surface area contributed by atoms with Crippen molar-refractivity contribution in [2.45, 2.75) is 19.9 Å². The van der Waals surface area contributed by atoms with Crippen molar-refractivity contribution in [1.82, 2.24) is 5.43 Å². The highest BCUT2D eigenvalue weighted by Gasteiger charge is 2.22. The average molecular weight is 388 g/mol. The molecular formula is C15H15F2IN2. The summed E-state index contributed by atoms with van der Waals surface area (Å²) in [6, 6.07) is 8.23. The van der Waals surface area contributed by atoms with Gasteiger partial charge in [0.15, 0.2) is 11.6 Å². The van der Waals surface area contributed by atoms with E-state index in [-0.39, 0.29) is 11.1 Å². The summed E-state index contributed by atoms with van der Waals surface area (Å²) in [4.78, 5) is 0. The molecule has 106 valence electrons. The van der Waals surface area contributed by atoms with Crippen molar-refractivity contribution < 1.29 is 8.78 Å². The highest BCUT2D eigenvalue weighted by molar-refractivity contribution is 14.1. The quantitative estimate of drug-likeness (QED) is 0.478. The van der Waals surface area contributed by atoms with Gasteiger partial charge in [-0.1, -0.05) is 30.3 Å². The molecule has 0 aliphatic heterocycles. The van der Waals surface area contributed by atoms with Crippen LogP contribution < -0.4 is 11.3 Å². The van der Waals surface area contributed by atoms with Gasteiger partial charge in [0.1, 0.15) is 0 Å². The molecule has 0 heterocycles. The molecular weight excluding hydrogens is 373 g/mol. The van der Waals surface area contributed by atoms with Gasteiger partial charge in [0.05, 0.1) is 6.04 Å². The number of rotatable bonds is 3. The van der Waals surface area contributed by atoms with E-state index >= 15 is 0 Å². The van der Waals surface area contributed by atoms with E-state index in [1.54, 1.807) is 12.1 Å². The number of hydrogen-bond donors (Lipinski definition) is 2. The summed E-state index contributed by atoms with van der Waals surface area (Å²) in [5, 5.41) is 0. The molecule has 0 bridgehead atoms. The van der Waals surface area contributed by atoms with Gasteiger partial charge in [0.2, 0.25) is 0 Å². The first kappa shape index (κ1) is 15.3. The van der Waals surface area contributed by atoms with Crippen LogP contribution in [0.1, 0.15) is 28.3 Å². The standard InChI is InChI=1S/C15H15F2IN2/c1-8-6-7-10(13(17)12(8)16)15(20-19)11-5-3-4-9(2)14(11)18/h3-7,15,20H,19H2,1-2H3. The molecule has 2 rings (SSSR count). The number of nitrogens with one attached hydrogen (secondary N) is 1. The molecule has 2 aromatic rings. The Morgan fingerprint density at radius 1 is 1.00 bits per heavy atom. The van der Waals surface area contributed by atoms with Gasteiger partial charge < -0.3 is 0 Å². The molecule has 1 unspecified atom stereocenters. The molecule has 2 aromatic carbocycles. The van der Waals surface area contributed by atoms with Gasteiger partial charge in [0.25, 0.3) is 0 Å². The lowest BCUT2D eigenvalue weighted by Gasteiger charge is -2.20. The van der Waals surface area contributed by atoms with Crippen molar-refractivity contribution in [1.29, 1.82) is 0 Å². The van der Waals surface area contributed by atoms with Crippen molar-refractivity contribution in [3.63, 3.8) is 0 Å². The van der Waals surface area contributed by atoms with E-state index in [0.29, 0.717) is 0 Å². The van der Waals surface area contributed by atoms with Gasteiger partial charge in [0, 0.05) is 9.13 Å². The third kappa shape index (κ3) is 2.70. The first-order valence-corrected chi connectivity index (χ1v) is 7.21. The summed E-state index contributed by atoms with van der Waals surface area (Å²) in [7, 11) is 0. The zero-order chi connectivity index (χ0) is 14.9. The van der Waals surface area contributed by atoms with Gasteiger partial charge in [-0.15, -0.1) is 0 Å². The van der Waals surface area contributed by atoms with E-state index in [2.05, 4.69) is 28.0 Å². The minimum absolute atomic E-state index is 0.208. The fraction of sp³-hybridized carbons (Fsp3) is 0.200. The van der Waals surface area contributed by atoms with E-state index < -0.39 is 17.7 Å². The molecule has 20 heavy (non-hydrogen) atoms. The van der Waals surface area contributed by atoms with E-state index in [9.17, 15) is 8.78 Å². The molecule has 0 aliphatic carbocycles. The van der Waals surface area contributed by atoms with E-state index in [4.69, 9.17) is 5.84 Å². The largest absolute Gasteiger partial charge is 0.271 e. The Balaban J connectivity index is 2.59. The zero-order valence-corrected chi connectivity index (χ0v) is 13.3. The van der Waals surface area contributed by atoms with Crippen LogP contribution in [0.3, 0.4) is 0 Å². The van der Waals surface area contributed by atoms with Crippen LogP contribution in [0.5, 0.6) is 0 Å². The van der Waals surface area contributed by atoms with Crippen LogP contribution in [0.4, 0.5) is 8.78 Å². The van der Waals surface area contributed by atoms with E-state index in [0.717, 1.165) is 14.7 Å². The Bertz CT molecular complexity index is 644. The maximum Gasteiger partial charge on any atom is 0.164 e.